The Hall–Kier alpha value is -3.74. The van der Waals surface area contributed by atoms with E-state index in [0.717, 1.165) is 37.7 Å². The molecule has 2 unspecified atom stereocenters. The maximum atomic E-state index is 13.5. The van der Waals surface area contributed by atoms with Crippen LogP contribution >= 0.6 is 0 Å². The third-order valence-electron chi connectivity index (χ3n) is 12.2. The quantitative estimate of drug-likeness (QED) is 0.197. The van der Waals surface area contributed by atoms with Crippen LogP contribution in [0, 0.1) is 28.6 Å². The fraction of sp³-hybridized carbons (Fsp3) is 0.571. The van der Waals surface area contributed by atoms with Gasteiger partial charge >= 0.3 is 11.9 Å². The predicted molar refractivity (Wildman–Crippen MR) is 191 cm³/mol. The first-order valence-electron chi connectivity index (χ1n) is 18.3. The van der Waals surface area contributed by atoms with E-state index in [2.05, 4.69) is 37.0 Å². The highest BCUT2D eigenvalue weighted by Gasteiger charge is 2.57. The summed E-state index contributed by atoms with van der Waals surface area (Å²) in [5, 5.41) is 0. The summed E-state index contributed by atoms with van der Waals surface area (Å²) < 4.78 is 11.6. The summed E-state index contributed by atoms with van der Waals surface area (Å²) in [6.07, 6.45) is 15.9. The van der Waals surface area contributed by atoms with Crippen LogP contribution in [0.3, 0.4) is 0 Å². The second-order valence-corrected chi connectivity index (χ2v) is 16.4. The lowest BCUT2D eigenvalue weighted by molar-refractivity contribution is -0.164. The number of pyridine rings is 1. The number of benzene rings is 1. The molecule has 2 aromatic rings. The van der Waals surface area contributed by atoms with Crippen LogP contribution in [-0.2, 0) is 30.4 Å². The zero-order valence-electron chi connectivity index (χ0n) is 30.2. The topological polar surface area (TPSA) is 85.8 Å². The van der Waals surface area contributed by atoms with Crippen LogP contribution in [0.5, 0.6) is 0 Å². The van der Waals surface area contributed by atoms with Gasteiger partial charge in [-0.05, 0) is 118 Å². The summed E-state index contributed by atoms with van der Waals surface area (Å²) in [6, 6.07) is 13.0. The number of hydrogen-bond acceptors (Lipinski definition) is 6. The van der Waals surface area contributed by atoms with Crippen molar-refractivity contribution in [2.24, 2.45) is 28.6 Å². The Balaban J connectivity index is 1.06. The minimum atomic E-state index is -0.791. The molecule has 0 radical (unpaired) electrons. The Labute approximate surface area is 292 Å². The highest BCUT2D eigenvalue weighted by atomic mass is 16.6. The van der Waals surface area contributed by atoms with E-state index in [1.807, 2.05) is 69.6 Å². The van der Waals surface area contributed by atoms with Crippen LogP contribution < -0.4 is 0 Å². The molecule has 0 N–H and O–H groups in total. The Morgan fingerprint density at radius 1 is 0.939 bits per heavy atom. The van der Waals surface area contributed by atoms with Crippen molar-refractivity contribution in [2.45, 2.75) is 124 Å². The molecule has 0 spiro atoms. The van der Waals surface area contributed by atoms with Gasteiger partial charge in [0, 0.05) is 31.8 Å². The average molecular weight is 667 g/mol. The first-order valence-corrected chi connectivity index (χ1v) is 18.3. The highest BCUT2D eigenvalue weighted by molar-refractivity contribution is 5.86. The van der Waals surface area contributed by atoms with Crippen molar-refractivity contribution in [1.29, 1.82) is 0 Å². The number of allylic oxidation sites excluding steroid dienone is 3. The summed E-state index contributed by atoms with van der Waals surface area (Å²) >= 11 is 0. The van der Waals surface area contributed by atoms with Gasteiger partial charge in [-0.3, -0.25) is 14.6 Å². The summed E-state index contributed by atoms with van der Waals surface area (Å²) in [5.41, 5.74) is 4.78. The molecule has 1 aromatic heterocycles. The molecule has 1 aromatic carbocycles. The monoisotopic (exact) mass is 666 g/mol. The second-order valence-electron chi connectivity index (χ2n) is 16.4. The average Bonchev–Trinajstić information content (AvgIpc) is 3.43. The van der Waals surface area contributed by atoms with Gasteiger partial charge in [0.05, 0.1) is 6.42 Å². The van der Waals surface area contributed by atoms with Crippen molar-refractivity contribution in [1.82, 2.24) is 9.88 Å². The number of nitrogens with zero attached hydrogens (tertiary/aromatic N) is 2. The third-order valence-corrected chi connectivity index (χ3v) is 12.2. The van der Waals surface area contributed by atoms with Crippen molar-refractivity contribution in [3.8, 4) is 0 Å². The molecule has 7 atom stereocenters. The third kappa shape index (κ3) is 7.27. The van der Waals surface area contributed by atoms with Crippen molar-refractivity contribution < 1.29 is 23.9 Å². The predicted octanol–water partition coefficient (Wildman–Crippen LogP) is 8.49. The fourth-order valence-electron chi connectivity index (χ4n) is 9.60. The molecule has 4 aliphatic rings. The maximum absolute atomic E-state index is 13.5. The number of carbonyl (C=O) groups is 3. The molecule has 6 rings (SSSR count). The SMILES string of the molecule is CC(C(=O)OC(C)(C)C)N(Cc1ccccc1)C(=O)CCC(=O)O[C@H]1CC[C@@]2(C)C(=CC[C@@H]3C2CC[C@]2(C)C(c4cccnc4)=CC[C@H]32)C1. The molecule has 1 heterocycles. The lowest BCUT2D eigenvalue weighted by atomic mass is 9.47. The molecule has 7 heteroatoms. The first-order chi connectivity index (χ1) is 23.3. The van der Waals surface area contributed by atoms with Crippen LogP contribution in [0.4, 0.5) is 0 Å². The summed E-state index contributed by atoms with van der Waals surface area (Å²) in [6.45, 7) is 12.3. The molecule has 7 nitrogen and oxygen atoms in total. The molecule has 4 aliphatic carbocycles. The summed E-state index contributed by atoms with van der Waals surface area (Å²) in [7, 11) is 0. The molecule has 262 valence electrons. The van der Waals surface area contributed by atoms with Crippen LogP contribution in [0.2, 0.25) is 0 Å². The maximum Gasteiger partial charge on any atom is 0.329 e. The summed E-state index contributed by atoms with van der Waals surface area (Å²) in [5.74, 6) is 0.856. The minimum absolute atomic E-state index is 0.0186. The van der Waals surface area contributed by atoms with Gasteiger partial charge in [-0.1, -0.05) is 68.0 Å². The Kier molecular flexibility index (Phi) is 9.94. The lowest BCUT2D eigenvalue weighted by Crippen LogP contribution is -2.50. The van der Waals surface area contributed by atoms with Crippen molar-refractivity contribution in [2.75, 3.05) is 0 Å². The molecule has 2 saturated carbocycles. The van der Waals surface area contributed by atoms with Gasteiger partial charge in [0.1, 0.15) is 17.7 Å². The van der Waals surface area contributed by atoms with Crippen molar-refractivity contribution >= 4 is 23.4 Å². The number of carbonyl (C=O) groups excluding carboxylic acids is 3. The first kappa shape index (κ1) is 35.1. The van der Waals surface area contributed by atoms with Crippen LogP contribution in [0.15, 0.2) is 72.6 Å². The van der Waals surface area contributed by atoms with E-state index < -0.39 is 17.6 Å². The normalized spacial score (nSPS) is 29.7. The Morgan fingerprint density at radius 3 is 2.41 bits per heavy atom. The number of hydrogen-bond donors (Lipinski definition) is 0. The molecule has 1 amide bonds. The molecule has 2 fully saturated rings. The number of esters is 2. The minimum Gasteiger partial charge on any atom is -0.462 e. The van der Waals surface area contributed by atoms with E-state index in [1.165, 1.54) is 34.5 Å². The van der Waals surface area contributed by atoms with Crippen molar-refractivity contribution in [3.05, 3.63) is 83.7 Å². The van der Waals surface area contributed by atoms with Gasteiger partial charge in [-0.2, -0.15) is 0 Å². The smallest absolute Gasteiger partial charge is 0.329 e. The zero-order chi connectivity index (χ0) is 35.0. The molecule has 0 aliphatic heterocycles. The van der Waals surface area contributed by atoms with E-state index in [-0.39, 0.29) is 48.2 Å². The van der Waals surface area contributed by atoms with E-state index in [9.17, 15) is 14.4 Å². The van der Waals surface area contributed by atoms with Gasteiger partial charge < -0.3 is 14.4 Å². The summed E-state index contributed by atoms with van der Waals surface area (Å²) in [4.78, 5) is 45.5. The second kappa shape index (κ2) is 13.9. The van der Waals surface area contributed by atoms with E-state index in [4.69, 9.17) is 9.47 Å². The molecular weight excluding hydrogens is 612 g/mol. The van der Waals surface area contributed by atoms with Gasteiger partial charge in [0.15, 0.2) is 0 Å². The molecule has 0 saturated heterocycles. The number of ether oxygens (including phenoxy) is 2. The standard InChI is InChI=1S/C42H54N2O5/c1-28(39(47)49-40(2,3)4)44(27-29-11-8-7-9-12-29)37(45)18-19-38(46)48-32-20-22-41(5)31(25-32)14-15-33-35-17-16-34(30-13-10-24-43-26-30)42(35,6)23-21-36(33)41/h7-14,16,24,26,28,32-33,35-36H,15,17-23,25,27H2,1-6H3/t28?,32-,33-,35+,36?,41-,42+/m0/s1. The van der Waals surface area contributed by atoms with Gasteiger partial charge in [-0.25, -0.2) is 4.79 Å². The van der Waals surface area contributed by atoms with Gasteiger partial charge in [-0.15, -0.1) is 0 Å². The number of amides is 1. The number of aromatic nitrogens is 1. The fourth-order valence-corrected chi connectivity index (χ4v) is 9.60. The van der Waals surface area contributed by atoms with Gasteiger partial charge in [0.2, 0.25) is 5.91 Å². The Bertz CT molecular complexity index is 1590. The molecule has 0 bridgehead atoms. The zero-order valence-corrected chi connectivity index (χ0v) is 30.2. The lowest BCUT2D eigenvalue weighted by Gasteiger charge is -2.57. The van der Waals surface area contributed by atoms with E-state index >= 15 is 0 Å². The Morgan fingerprint density at radius 2 is 1.69 bits per heavy atom. The van der Waals surface area contributed by atoms with Crippen LogP contribution in [0.1, 0.15) is 110 Å². The largest absolute Gasteiger partial charge is 0.462 e. The molecular formula is C42H54N2O5. The van der Waals surface area contributed by atoms with Crippen LogP contribution in [0.25, 0.3) is 5.57 Å². The van der Waals surface area contributed by atoms with Gasteiger partial charge in [0.25, 0.3) is 0 Å². The molecule has 49 heavy (non-hydrogen) atoms. The van der Waals surface area contributed by atoms with E-state index in [0.29, 0.717) is 17.8 Å². The highest BCUT2D eigenvalue weighted by Crippen LogP contribution is 2.66. The van der Waals surface area contributed by atoms with Crippen molar-refractivity contribution in [3.63, 3.8) is 0 Å². The van der Waals surface area contributed by atoms with E-state index in [1.54, 1.807) is 6.92 Å². The number of rotatable bonds is 9. The van der Waals surface area contributed by atoms with Crippen LogP contribution in [-0.4, -0.2) is 45.5 Å². The number of fused-ring (bicyclic) bond motifs is 5.